The number of carbonyl (C=O) groups is 2. The molecule has 2 aromatic carbocycles. The molecule has 0 aliphatic carbocycles. The van der Waals surface area contributed by atoms with Crippen LogP contribution in [0, 0.1) is 6.92 Å². The molecule has 0 spiro atoms. The molecule has 0 unspecified atom stereocenters. The van der Waals surface area contributed by atoms with Crippen LogP contribution in [-0.2, 0) is 9.59 Å². The molecule has 38 heavy (non-hydrogen) atoms. The molecule has 0 aromatic heterocycles. The number of carbonyl (C=O) groups excluding carboxylic acids is 2. The Morgan fingerprint density at radius 1 is 0.974 bits per heavy atom. The first-order valence-electron chi connectivity index (χ1n) is 13.3. The van der Waals surface area contributed by atoms with Crippen LogP contribution in [0.2, 0.25) is 0 Å². The minimum Gasteiger partial charge on any atom is -0.507 e. The highest BCUT2D eigenvalue weighted by Gasteiger charge is 2.46. The first kappa shape index (κ1) is 29.0. The van der Waals surface area contributed by atoms with Gasteiger partial charge in [-0.15, -0.1) is 0 Å². The van der Waals surface area contributed by atoms with Crippen molar-refractivity contribution >= 4 is 17.4 Å². The SMILES string of the molecule is CCCCOc1ccc(C(O)=C2C(=O)C(=O)N(CCN(CC)CC)[C@@H]2c2ccc(OC)c(OC)c2)cc1C. The van der Waals surface area contributed by atoms with E-state index in [2.05, 4.69) is 25.7 Å². The zero-order valence-corrected chi connectivity index (χ0v) is 23.4. The minimum absolute atomic E-state index is 0.0563. The topological polar surface area (TPSA) is 88.5 Å². The molecule has 1 saturated heterocycles. The third-order valence-corrected chi connectivity index (χ3v) is 7.02. The molecule has 1 aliphatic rings. The van der Waals surface area contributed by atoms with Crippen molar-refractivity contribution in [1.82, 2.24) is 9.80 Å². The zero-order chi connectivity index (χ0) is 27.8. The fourth-order valence-electron chi connectivity index (χ4n) is 4.71. The maximum absolute atomic E-state index is 13.4. The van der Waals surface area contributed by atoms with E-state index in [1.807, 2.05) is 6.92 Å². The number of rotatable bonds is 13. The van der Waals surface area contributed by atoms with Crippen LogP contribution in [-0.4, -0.2) is 73.6 Å². The number of aliphatic hydroxyl groups excluding tert-OH is 1. The van der Waals surface area contributed by atoms with Gasteiger partial charge in [0.2, 0.25) is 0 Å². The first-order valence-corrected chi connectivity index (χ1v) is 13.3. The van der Waals surface area contributed by atoms with Crippen LogP contribution in [0.1, 0.15) is 56.3 Å². The summed E-state index contributed by atoms with van der Waals surface area (Å²) in [6.45, 7) is 11.3. The van der Waals surface area contributed by atoms with Crippen LogP contribution < -0.4 is 14.2 Å². The lowest BCUT2D eigenvalue weighted by Crippen LogP contribution is -2.38. The molecule has 206 valence electrons. The Labute approximate surface area is 225 Å². The normalized spacial score (nSPS) is 16.8. The van der Waals surface area contributed by atoms with E-state index in [0.717, 1.165) is 37.2 Å². The second kappa shape index (κ2) is 13.3. The molecule has 0 saturated carbocycles. The van der Waals surface area contributed by atoms with E-state index in [1.165, 1.54) is 7.11 Å². The summed E-state index contributed by atoms with van der Waals surface area (Å²) >= 11 is 0. The Kier molecular flexibility index (Phi) is 10.2. The van der Waals surface area contributed by atoms with Crippen molar-refractivity contribution in [1.29, 1.82) is 0 Å². The number of likely N-dealkylation sites (tertiary alicyclic amines) is 1. The third-order valence-electron chi connectivity index (χ3n) is 7.02. The number of unbranched alkanes of at least 4 members (excludes halogenated alkanes) is 1. The predicted octanol–water partition coefficient (Wildman–Crippen LogP) is 4.95. The number of likely N-dealkylation sites (N-methyl/N-ethyl adjacent to an activating group) is 1. The van der Waals surface area contributed by atoms with Crippen molar-refractivity contribution < 1.29 is 28.9 Å². The highest BCUT2D eigenvalue weighted by molar-refractivity contribution is 6.46. The average Bonchev–Trinajstić information content (AvgIpc) is 3.18. The van der Waals surface area contributed by atoms with Gasteiger partial charge in [-0.25, -0.2) is 0 Å². The quantitative estimate of drug-likeness (QED) is 0.172. The smallest absolute Gasteiger partial charge is 0.295 e. The van der Waals surface area contributed by atoms with Gasteiger partial charge in [-0.2, -0.15) is 0 Å². The Morgan fingerprint density at radius 3 is 2.26 bits per heavy atom. The molecule has 0 radical (unpaired) electrons. The van der Waals surface area contributed by atoms with Gasteiger partial charge in [-0.05, 0) is 67.9 Å². The Morgan fingerprint density at radius 2 is 1.66 bits per heavy atom. The number of Topliss-reactive ketones (excluding diaryl/α,β-unsaturated/α-hetero) is 1. The molecule has 8 nitrogen and oxygen atoms in total. The number of hydrogen-bond donors (Lipinski definition) is 1. The van der Waals surface area contributed by atoms with Crippen LogP contribution in [0.4, 0.5) is 0 Å². The molecular formula is C30H40N2O6. The number of aryl methyl sites for hydroxylation is 1. The van der Waals surface area contributed by atoms with E-state index < -0.39 is 17.7 Å². The van der Waals surface area contributed by atoms with Gasteiger partial charge in [0, 0.05) is 18.7 Å². The Bertz CT molecular complexity index is 1170. The van der Waals surface area contributed by atoms with Gasteiger partial charge in [0.05, 0.1) is 32.4 Å². The number of amides is 1. The van der Waals surface area contributed by atoms with Gasteiger partial charge < -0.3 is 29.1 Å². The summed E-state index contributed by atoms with van der Waals surface area (Å²) in [6.07, 6.45) is 1.98. The van der Waals surface area contributed by atoms with Crippen molar-refractivity contribution in [3.63, 3.8) is 0 Å². The second-order valence-corrected chi connectivity index (χ2v) is 9.32. The number of hydrogen-bond acceptors (Lipinski definition) is 7. The molecule has 1 fully saturated rings. The molecule has 0 bridgehead atoms. The van der Waals surface area contributed by atoms with Crippen molar-refractivity contribution in [2.45, 2.75) is 46.6 Å². The highest BCUT2D eigenvalue weighted by atomic mass is 16.5. The number of benzene rings is 2. The Balaban J connectivity index is 2.10. The first-order chi connectivity index (χ1) is 18.3. The summed E-state index contributed by atoms with van der Waals surface area (Å²) in [4.78, 5) is 30.4. The molecule has 1 N–H and O–H groups in total. The number of methoxy groups -OCH3 is 2. The van der Waals surface area contributed by atoms with Crippen molar-refractivity contribution in [3.8, 4) is 17.2 Å². The highest BCUT2D eigenvalue weighted by Crippen LogP contribution is 2.42. The minimum atomic E-state index is -0.772. The molecule has 3 rings (SSSR count). The van der Waals surface area contributed by atoms with Crippen molar-refractivity contribution in [2.24, 2.45) is 0 Å². The monoisotopic (exact) mass is 524 g/mol. The average molecular weight is 525 g/mol. The van der Waals surface area contributed by atoms with Gasteiger partial charge >= 0.3 is 0 Å². The number of ether oxygens (including phenoxy) is 3. The third kappa shape index (κ3) is 6.13. The molecule has 1 atom stereocenters. The van der Waals surface area contributed by atoms with Gasteiger partial charge in [-0.3, -0.25) is 9.59 Å². The van der Waals surface area contributed by atoms with Crippen LogP contribution in [0.25, 0.3) is 5.76 Å². The largest absolute Gasteiger partial charge is 0.507 e. The molecule has 8 heteroatoms. The summed E-state index contributed by atoms with van der Waals surface area (Å²) in [5.41, 5.74) is 2.00. The molecule has 1 amide bonds. The van der Waals surface area contributed by atoms with Gasteiger partial charge in [0.1, 0.15) is 11.5 Å². The lowest BCUT2D eigenvalue weighted by Gasteiger charge is -2.28. The van der Waals surface area contributed by atoms with E-state index in [-0.39, 0.29) is 11.3 Å². The predicted molar refractivity (Wildman–Crippen MR) is 148 cm³/mol. The van der Waals surface area contributed by atoms with Crippen LogP contribution in [0.5, 0.6) is 17.2 Å². The lowest BCUT2D eigenvalue weighted by molar-refractivity contribution is -0.140. The summed E-state index contributed by atoms with van der Waals surface area (Å²) in [7, 11) is 3.08. The van der Waals surface area contributed by atoms with Crippen molar-refractivity contribution in [3.05, 3.63) is 58.7 Å². The summed E-state index contributed by atoms with van der Waals surface area (Å²) in [5, 5.41) is 11.5. The van der Waals surface area contributed by atoms with Crippen LogP contribution in [0.15, 0.2) is 42.0 Å². The van der Waals surface area contributed by atoms with E-state index in [1.54, 1.807) is 48.4 Å². The van der Waals surface area contributed by atoms with Gasteiger partial charge in [0.15, 0.2) is 11.5 Å². The van der Waals surface area contributed by atoms with Gasteiger partial charge in [0.25, 0.3) is 11.7 Å². The summed E-state index contributed by atoms with van der Waals surface area (Å²) < 4.78 is 16.7. The Hall–Kier alpha value is -3.52. The van der Waals surface area contributed by atoms with Crippen molar-refractivity contribution in [2.75, 3.05) is 47.0 Å². The van der Waals surface area contributed by atoms with Crippen LogP contribution >= 0.6 is 0 Å². The molecule has 1 heterocycles. The second-order valence-electron chi connectivity index (χ2n) is 9.32. The van der Waals surface area contributed by atoms with E-state index in [9.17, 15) is 14.7 Å². The zero-order valence-electron chi connectivity index (χ0n) is 23.4. The number of ketones is 1. The lowest BCUT2D eigenvalue weighted by atomic mass is 9.94. The maximum Gasteiger partial charge on any atom is 0.295 e. The van der Waals surface area contributed by atoms with Crippen LogP contribution in [0.3, 0.4) is 0 Å². The summed E-state index contributed by atoms with van der Waals surface area (Å²) in [5.74, 6) is 0.190. The van der Waals surface area contributed by atoms with E-state index in [0.29, 0.717) is 42.3 Å². The van der Waals surface area contributed by atoms with E-state index >= 15 is 0 Å². The molecular weight excluding hydrogens is 484 g/mol. The number of aliphatic hydroxyl groups is 1. The molecule has 1 aliphatic heterocycles. The van der Waals surface area contributed by atoms with E-state index in [4.69, 9.17) is 14.2 Å². The fourth-order valence-corrected chi connectivity index (χ4v) is 4.71. The van der Waals surface area contributed by atoms with Gasteiger partial charge in [-0.1, -0.05) is 33.3 Å². The number of nitrogens with zero attached hydrogens (tertiary/aromatic N) is 2. The fraction of sp³-hybridized carbons (Fsp3) is 0.467. The molecule has 2 aromatic rings. The maximum atomic E-state index is 13.4. The summed E-state index contributed by atoms with van der Waals surface area (Å²) in [6, 6.07) is 9.82. The standard InChI is InChI=1S/C30H40N2O6/c1-7-10-17-38-23-13-12-22(18-20(23)4)28(33)26-27(21-11-14-24(36-5)25(19-21)37-6)32(30(35)29(26)34)16-15-31(8-2)9-3/h11-14,18-19,27,33H,7-10,15-17H2,1-6H3/t27-/m1/s1.